The molecule has 5 atom stereocenters. The van der Waals surface area contributed by atoms with E-state index >= 15 is 0 Å². The number of amides is 4. The van der Waals surface area contributed by atoms with Crippen LogP contribution in [-0.4, -0.2) is 193 Å². The summed E-state index contributed by atoms with van der Waals surface area (Å²) < 4.78 is 62.9. The van der Waals surface area contributed by atoms with Gasteiger partial charge in [0.15, 0.2) is 0 Å². The third-order valence-electron chi connectivity index (χ3n) is 15.9. The summed E-state index contributed by atoms with van der Waals surface area (Å²) in [7, 11) is -3.38. The first-order valence-corrected chi connectivity index (χ1v) is 37.8. The number of rotatable bonds is 13. The average Bonchev–Trinajstić information content (AvgIpc) is 1.73. The summed E-state index contributed by atoms with van der Waals surface area (Å²) in [5, 5.41) is 5.04. The normalized spacial score (nSPS) is 20.2. The van der Waals surface area contributed by atoms with Crippen molar-refractivity contribution >= 4 is 105 Å². The summed E-state index contributed by atoms with van der Waals surface area (Å²) in [4.78, 5) is 65.3. The Labute approximate surface area is 616 Å². The molecule has 4 heterocycles. The van der Waals surface area contributed by atoms with E-state index in [9.17, 15) is 36.6 Å². The van der Waals surface area contributed by atoms with Gasteiger partial charge >= 0.3 is 47.4 Å². The van der Waals surface area contributed by atoms with Gasteiger partial charge in [-0.1, -0.05) is 0 Å². The van der Waals surface area contributed by atoms with Crippen LogP contribution in [-0.2, 0) is 56.7 Å². The molecule has 7 rings (SSSR count). The minimum absolute atomic E-state index is 0. The Bertz CT molecular complexity index is 2330. The first-order chi connectivity index (χ1) is 42.2. The van der Waals surface area contributed by atoms with Crippen molar-refractivity contribution in [2.75, 3.05) is 52.4 Å². The molecule has 26 heteroatoms. The molecule has 0 aromatic rings. The predicted octanol–water partition coefficient (Wildman–Crippen LogP) is 10.8. The fourth-order valence-corrected chi connectivity index (χ4v) is 11.3. The van der Waals surface area contributed by atoms with Gasteiger partial charge in [0.2, 0.25) is 0 Å². The number of ether oxygens (including phenoxy) is 4. The van der Waals surface area contributed by atoms with Crippen LogP contribution >= 0.6 is 12.4 Å². The molecular formula is C69H132BrClMgN8O12S3. The quantitative estimate of drug-likeness (QED) is 0.0510. The maximum Gasteiger partial charge on any atom is 2.00 e. The summed E-state index contributed by atoms with van der Waals surface area (Å²) >= 11 is 0. The second-order valence-corrected chi connectivity index (χ2v) is 38.9. The molecule has 3 aliphatic carbocycles. The number of nitrogens with one attached hydrogen (secondary N) is 1. The zero-order valence-corrected chi connectivity index (χ0v) is 69.0. The Morgan fingerprint density at radius 1 is 0.495 bits per heavy atom. The van der Waals surface area contributed by atoms with E-state index in [2.05, 4.69) is 15.5 Å². The first kappa shape index (κ1) is 95.3. The van der Waals surface area contributed by atoms with Crippen molar-refractivity contribution in [2.24, 2.45) is 50.8 Å². The molecule has 0 spiro atoms. The van der Waals surface area contributed by atoms with E-state index in [1.807, 2.05) is 155 Å². The maximum absolute atomic E-state index is 12.5. The third kappa shape index (κ3) is 45.7. The predicted molar refractivity (Wildman–Crippen MR) is 390 cm³/mol. The number of nitrogens with two attached hydrogens (primary N) is 2. The number of carbonyl (C=O) groups is 5. The molecule has 0 aromatic carbocycles. The van der Waals surface area contributed by atoms with Gasteiger partial charge in [-0.25, -0.2) is 49.4 Å². The number of piperidine rings is 4. The van der Waals surface area contributed by atoms with Crippen LogP contribution < -0.4 is 32.6 Å². The van der Waals surface area contributed by atoms with Gasteiger partial charge in [-0.3, -0.25) is 5.14 Å². The van der Waals surface area contributed by atoms with Crippen LogP contribution in [0.25, 0.3) is 0 Å². The van der Waals surface area contributed by atoms with Gasteiger partial charge in [0, 0.05) is 77.1 Å². The Balaban J connectivity index is 0. The van der Waals surface area contributed by atoms with Crippen molar-refractivity contribution in [3.8, 4) is 0 Å². The number of hydrogen-bond acceptors (Lipinski definition) is 13. The Morgan fingerprint density at radius 2 is 0.779 bits per heavy atom. The van der Waals surface area contributed by atoms with E-state index in [0.717, 1.165) is 122 Å². The van der Waals surface area contributed by atoms with Crippen molar-refractivity contribution < 1.29 is 72.5 Å². The second kappa shape index (κ2) is 43.9. The molecule has 95 heavy (non-hydrogen) atoms. The van der Waals surface area contributed by atoms with Crippen LogP contribution in [0.3, 0.4) is 0 Å². The summed E-state index contributed by atoms with van der Waals surface area (Å²) in [5.41, 5.74) is 4.46. The second-order valence-electron chi connectivity index (χ2n) is 33.1. The molecule has 0 aromatic heterocycles. The van der Waals surface area contributed by atoms with Gasteiger partial charge in [0.05, 0.1) is 36.2 Å². The van der Waals surface area contributed by atoms with Crippen molar-refractivity contribution in [2.45, 2.75) is 310 Å². The molecule has 4 amide bonds. The Morgan fingerprint density at radius 3 is 1.02 bits per heavy atom. The summed E-state index contributed by atoms with van der Waals surface area (Å²) in [6, 6.07) is 0.733. The monoisotopic (exact) mass is 1500 g/mol. The zero-order chi connectivity index (χ0) is 70.2. The van der Waals surface area contributed by atoms with E-state index in [1.165, 1.54) is 38.5 Å². The molecule has 554 valence electrons. The number of halogens is 2. The number of carbonyl (C=O) groups excluding carboxylic acids is 5. The Kier molecular flexibility index (Phi) is 44.1. The summed E-state index contributed by atoms with van der Waals surface area (Å²) in [5.74, 6) is 3.68. The van der Waals surface area contributed by atoms with Crippen LogP contribution in [0.15, 0.2) is 4.40 Å². The summed E-state index contributed by atoms with van der Waals surface area (Å²) in [6.45, 7) is 46.0. The van der Waals surface area contributed by atoms with Gasteiger partial charge in [-0.15, -0.1) is 12.4 Å². The molecule has 7 aliphatic rings. The molecule has 7 fully saturated rings. The van der Waals surface area contributed by atoms with Crippen LogP contribution in [0.5, 0.6) is 0 Å². The molecule has 0 radical (unpaired) electrons. The minimum atomic E-state index is -1.18. The van der Waals surface area contributed by atoms with E-state index in [0.29, 0.717) is 61.2 Å². The van der Waals surface area contributed by atoms with Gasteiger partial charge in [0.1, 0.15) is 39.7 Å². The number of nitrogens with zero attached hydrogens (tertiary/aromatic N) is 5. The maximum atomic E-state index is 12.5. The number of likely N-dealkylation sites (tertiary alicyclic amines) is 4. The van der Waals surface area contributed by atoms with E-state index < -0.39 is 55.4 Å². The molecule has 4 saturated heterocycles. The fourth-order valence-electron chi connectivity index (χ4n) is 9.88. The molecule has 5 N–H and O–H groups in total. The number of hydrogen-bond donors (Lipinski definition) is 3. The van der Waals surface area contributed by atoms with Crippen molar-refractivity contribution in [1.82, 2.24) is 24.3 Å². The third-order valence-corrected chi connectivity index (χ3v) is 20.2. The van der Waals surface area contributed by atoms with E-state index in [-0.39, 0.29) is 91.1 Å². The fraction of sp³-hybridized carbons (Fsp3) is 0.899. The van der Waals surface area contributed by atoms with Crippen LogP contribution in [0.1, 0.15) is 261 Å². The Hall–Kier alpha value is -1.71. The minimum Gasteiger partial charge on any atom is -1.00 e. The molecular weight excluding hydrogens is 1370 g/mol. The molecule has 0 unspecified atom stereocenters. The van der Waals surface area contributed by atoms with E-state index in [1.54, 1.807) is 16.0 Å². The molecule has 20 nitrogen and oxygen atoms in total. The zero-order valence-electron chi connectivity index (χ0n) is 62.7. The van der Waals surface area contributed by atoms with Gasteiger partial charge in [0.25, 0.3) is 0 Å². The van der Waals surface area contributed by atoms with Crippen LogP contribution in [0.4, 0.5) is 19.2 Å². The van der Waals surface area contributed by atoms with Crippen molar-refractivity contribution in [1.29, 1.82) is 0 Å². The average molecular weight is 1500 g/mol. The van der Waals surface area contributed by atoms with Crippen molar-refractivity contribution in [3.05, 3.63) is 6.42 Å². The molecule has 4 aliphatic heterocycles. The van der Waals surface area contributed by atoms with E-state index in [4.69, 9.17) is 29.8 Å². The SMILES string of the molecule is CC(C)(C)OC(=O)N1CCC(CC=N[S@@](=O)C(C)(C)C)CC1.CC(C)(C)OC(=O)N1CCC(CC=O)CC1.CC(C)(C)OC(=O)N1CCC(C[C@H](N)C2CC2)CC1.CC(C)(C)OC(=O)N1CCC(C[C@H](N[S@@](=O)C(C)(C)C)C2CC2)CC1.CC(C)(C)[S@@](N)=O.Cl.[Br-].[CH-]1CC1.[Mg+2]. The van der Waals surface area contributed by atoms with Gasteiger partial charge in [-0.2, -0.15) is 4.40 Å². The smallest absolute Gasteiger partial charge is 1.00 e. The standard InChI is InChI=1S/C19H36N2O3S.C16H30N2O3S.C15H28N2O2.C12H21NO3.C4H11NOS.C3H5.BrH.ClH.Mg/c1-18(2,3)24-17(22)21-11-9-14(10-12-21)13-16(15-7-8-15)20-25(23)19(4,5)6;1-15(2,3)21-14(19)18-11-8-13(9-12-18)7-10-17-22(20)16(4,5)6;1-15(2,3)19-14(18)17-8-6-11(7-9-17)10-13(16)12-4-5-12;1-12(2,3)16-11(15)13-7-4-10(5-8-13)6-9-14;1-4(2,3)7(5)6;1-2-3-1;;;/h14-16,20H,7-13H2,1-6H3;10,13H,7-9,11-12H2,1-6H3;11-13H,4-10,16H2,1-3H3;9-10H,4-8H2,1-3H3;5H2,1-3H3;1H,2-3H2;2*1H;/q;;;;;-1;;;+2/p-1/t16-,25-;22-;13-;;7-;;;;/m000.0..../s1. The molecule has 3 saturated carbocycles. The van der Waals surface area contributed by atoms with Gasteiger partial charge in [-0.05, 0) is 277 Å². The first-order valence-electron chi connectivity index (χ1n) is 34.4. The van der Waals surface area contributed by atoms with Crippen LogP contribution in [0, 0.1) is 41.9 Å². The largest absolute Gasteiger partial charge is 2.00 e. The summed E-state index contributed by atoms with van der Waals surface area (Å²) in [6.07, 6.45) is 23.5. The number of aldehydes is 1. The van der Waals surface area contributed by atoms with Gasteiger partial charge < -0.3 is 72.5 Å². The van der Waals surface area contributed by atoms with Crippen molar-refractivity contribution in [3.63, 3.8) is 0 Å². The molecule has 0 bridgehead atoms. The topological polar surface area (TPSA) is 263 Å². The van der Waals surface area contributed by atoms with Crippen LogP contribution in [0.2, 0.25) is 0 Å².